The molecule has 4 aromatic rings. The summed E-state index contributed by atoms with van der Waals surface area (Å²) in [6.07, 6.45) is 3.88. The molecule has 11 heteroatoms. The van der Waals surface area contributed by atoms with Gasteiger partial charge in [-0.3, -0.25) is 5.43 Å². The van der Waals surface area contributed by atoms with Crippen molar-refractivity contribution in [2.24, 2.45) is 5.10 Å². The van der Waals surface area contributed by atoms with Crippen molar-refractivity contribution in [2.75, 3.05) is 67.8 Å². The highest BCUT2D eigenvalue weighted by atomic mass is 35.5. The lowest BCUT2D eigenvalue weighted by Crippen LogP contribution is -2.39. The van der Waals surface area contributed by atoms with E-state index in [-0.39, 0.29) is 0 Å². The van der Waals surface area contributed by atoms with Gasteiger partial charge in [0.05, 0.1) is 39.2 Å². The van der Waals surface area contributed by atoms with E-state index in [2.05, 4.69) is 43.2 Å². The fourth-order valence-electron chi connectivity index (χ4n) is 4.87. The summed E-state index contributed by atoms with van der Waals surface area (Å²) in [5, 5.41) is 6.95. The Labute approximate surface area is 236 Å². The van der Waals surface area contributed by atoms with Gasteiger partial charge in [0.2, 0.25) is 5.95 Å². The van der Waals surface area contributed by atoms with Crippen LogP contribution in [0.2, 0.25) is 10.0 Å². The van der Waals surface area contributed by atoms with Crippen molar-refractivity contribution in [3.05, 3.63) is 75.9 Å². The molecule has 2 aliphatic rings. The van der Waals surface area contributed by atoms with E-state index in [1.54, 1.807) is 0 Å². The summed E-state index contributed by atoms with van der Waals surface area (Å²) in [6, 6.07) is 15.7. The second kappa shape index (κ2) is 11.8. The molecule has 4 heterocycles. The molecule has 0 spiro atoms. The number of halogens is 2. The summed E-state index contributed by atoms with van der Waals surface area (Å²) in [7, 11) is 0. The Bertz CT molecular complexity index is 1420. The minimum atomic E-state index is 0.554. The van der Waals surface area contributed by atoms with Crippen LogP contribution in [0, 0.1) is 0 Å². The smallest absolute Gasteiger partial charge is 0.229 e. The molecule has 1 N–H and O–H groups in total. The summed E-state index contributed by atoms with van der Waals surface area (Å²) in [6.45, 7) is 6.33. The molecule has 0 radical (unpaired) electrons. The van der Waals surface area contributed by atoms with E-state index in [9.17, 15) is 0 Å². The highest BCUT2D eigenvalue weighted by molar-refractivity contribution is 6.36. The second-order valence-corrected chi connectivity index (χ2v) is 10.2. The summed E-state index contributed by atoms with van der Waals surface area (Å²) in [5.41, 5.74) is 6.07. The molecule has 9 nitrogen and oxygen atoms in total. The minimum absolute atomic E-state index is 0.554. The standard InChI is InChI=1S/C28H29Cl2N7O2/c29-23-5-3-6-24(30)22(23)19-37-18-20(21-4-1-2-7-25(21)37)17-31-34-26-16-27(35-8-12-38-13-9-35)33-28(32-26)36-10-14-39-15-11-36/h1-7,16-18H,8-15,19H2,(H,32,33,34)/b31-17+. The van der Waals surface area contributed by atoms with E-state index in [1.807, 2.05) is 42.6 Å². The summed E-state index contributed by atoms with van der Waals surface area (Å²) >= 11 is 12.9. The SMILES string of the molecule is Clc1cccc(Cl)c1Cn1cc(/C=N/Nc2cc(N3CCOCC3)nc(N3CCOCC3)n2)c2ccccc21. The largest absolute Gasteiger partial charge is 0.378 e. The lowest BCUT2D eigenvalue weighted by molar-refractivity contribution is 0.121. The number of hydrogen-bond donors (Lipinski definition) is 1. The molecule has 6 rings (SSSR count). The van der Waals surface area contributed by atoms with Gasteiger partial charge in [-0.2, -0.15) is 15.1 Å². The first-order chi connectivity index (χ1) is 19.2. The van der Waals surface area contributed by atoms with Crippen LogP contribution in [-0.2, 0) is 16.0 Å². The van der Waals surface area contributed by atoms with Crippen LogP contribution in [0.3, 0.4) is 0 Å². The Morgan fingerprint density at radius 3 is 2.31 bits per heavy atom. The zero-order valence-corrected chi connectivity index (χ0v) is 22.9. The van der Waals surface area contributed by atoms with Gasteiger partial charge in [0, 0.05) is 70.5 Å². The third-order valence-electron chi connectivity index (χ3n) is 6.92. The third kappa shape index (κ3) is 5.81. The van der Waals surface area contributed by atoms with E-state index >= 15 is 0 Å². The number of fused-ring (bicyclic) bond motifs is 1. The maximum Gasteiger partial charge on any atom is 0.229 e. The van der Waals surface area contributed by atoms with Gasteiger partial charge in [0.25, 0.3) is 0 Å². The average Bonchev–Trinajstić information content (AvgIpc) is 3.33. The number of hydrazone groups is 1. The first-order valence-electron chi connectivity index (χ1n) is 13.0. The fourth-order valence-corrected chi connectivity index (χ4v) is 5.39. The number of ether oxygens (including phenoxy) is 2. The van der Waals surface area contributed by atoms with Crippen LogP contribution in [0.25, 0.3) is 10.9 Å². The topological polar surface area (TPSA) is 80.0 Å². The normalized spacial score (nSPS) is 16.4. The van der Waals surface area contributed by atoms with Crippen LogP contribution >= 0.6 is 23.2 Å². The Morgan fingerprint density at radius 1 is 0.872 bits per heavy atom. The Balaban J connectivity index is 1.27. The number of hydrogen-bond acceptors (Lipinski definition) is 8. The van der Waals surface area contributed by atoms with Crippen LogP contribution < -0.4 is 15.2 Å². The number of nitrogens with zero attached hydrogens (tertiary/aromatic N) is 6. The number of para-hydroxylation sites is 1. The first-order valence-corrected chi connectivity index (χ1v) is 13.8. The zero-order valence-electron chi connectivity index (χ0n) is 21.4. The van der Waals surface area contributed by atoms with Crippen molar-refractivity contribution in [3.8, 4) is 0 Å². The third-order valence-corrected chi connectivity index (χ3v) is 7.63. The van der Waals surface area contributed by atoms with Gasteiger partial charge in [-0.25, -0.2) is 0 Å². The van der Waals surface area contributed by atoms with Crippen LogP contribution in [0.4, 0.5) is 17.6 Å². The number of morpholine rings is 2. The monoisotopic (exact) mass is 565 g/mol. The number of benzene rings is 2. The van der Waals surface area contributed by atoms with Crippen LogP contribution in [0.1, 0.15) is 11.1 Å². The van der Waals surface area contributed by atoms with Gasteiger partial charge in [-0.05, 0) is 18.2 Å². The van der Waals surface area contributed by atoms with Gasteiger partial charge < -0.3 is 23.8 Å². The van der Waals surface area contributed by atoms with E-state index in [0.29, 0.717) is 54.8 Å². The molecule has 202 valence electrons. The lowest BCUT2D eigenvalue weighted by atomic mass is 10.2. The lowest BCUT2D eigenvalue weighted by Gasteiger charge is -2.31. The van der Waals surface area contributed by atoms with Crippen molar-refractivity contribution in [1.29, 1.82) is 0 Å². The second-order valence-electron chi connectivity index (χ2n) is 9.41. The minimum Gasteiger partial charge on any atom is -0.378 e. The Kier molecular flexibility index (Phi) is 7.83. The number of anilines is 3. The van der Waals surface area contributed by atoms with Crippen LogP contribution in [0.15, 0.2) is 59.8 Å². The summed E-state index contributed by atoms with van der Waals surface area (Å²) in [4.78, 5) is 14.0. The Morgan fingerprint density at radius 2 is 1.56 bits per heavy atom. The number of nitrogens with one attached hydrogen (secondary N) is 1. The van der Waals surface area contributed by atoms with Crippen molar-refractivity contribution in [3.63, 3.8) is 0 Å². The molecule has 0 atom stereocenters. The number of aromatic nitrogens is 3. The first kappa shape index (κ1) is 25.9. The zero-order chi connectivity index (χ0) is 26.6. The van der Waals surface area contributed by atoms with Crippen molar-refractivity contribution >= 4 is 57.9 Å². The predicted octanol–water partition coefficient (Wildman–Crippen LogP) is 4.91. The average molecular weight is 566 g/mol. The molecule has 2 saturated heterocycles. The molecular weight excluding hydrogens is 537 g/mol. The van der Waals surface area contributed by atoms with Gasteiger partial charge >= 0.3 is 0 Å². The predicted molar refractivity (Wildman–Crippen MR) is 157 cm³/mol. The van der Waals surface area contributed by atoms with Crippen molar-refractivity contribution < 1.29 is 9.47 Å². The molecule has 0 saturated carbocycles. The van der Waals surface area contributed by atoms with Gasteiger partial charge in [0.1, 0.15) is 5.82 Å². The molecule has 2 fully saturated rings. The maximum absolute atomic E-state index is 6.46. The van der Waals surface area contributed by atoms with Crippen molar-refractivity contribution in [2.45, 2.75) is 6.54 Å². The van der Waals surface area contributed by atoms with Gasteiger partial charge in [-0.1, -0.05) is 47.5 Å². The highest BCUT2D eigenvalue weighted by Crippen LogP contribution is 2.28. The molecule has 2 aliphatic heterocycles. The summed E-state index contributed by atoms with van der Waals surface area (Å²) < 4.78 is 13.2. The fraction of sp³-hybridized carbons (Fsp3) is 0.321. The molecule has 0 bridgehead atoms. The van der Waals surface area contributed by atoms with Gasteiger partial charge in [0.15, 0.2) is 5.82 Å². The van der Waals surface area contributed by atoms with Gasteiger partial charge in [-0.15, -0.1) is 0 Å². The van der Waals surface area contributed by atoms with E-state index < -0.39 is 0 Å². The molecule has 39 heavy (non-hydrogen) atoms. The number of rotatable bonds is 7. The van der Waals surface area contributed by atoms with Crippen molar-refractivity contribution in [1.82, 2.24) is 14.5 Å². The molecule has 0 unspecified atom stereocenters. The van der Waals surface area contributed by atoms with Crippen LogP contribution in [-0.4, -0.2) is 73.4 Å². The maximum atomic E-state index is 6.46. The quantitative estimate of drug-likeness (QED) is 0.252. The van der Waals surface area contributed by atoms with E-state index in [1.165, 1.54) is 0 Å². The molecular formula is C28H29Cl2N7O2. The van der Waals surface area contributed by atoms with E-state index in [0.717, 1.165) is 54.0 Å². The molecule has 2 aromatic heterocycles. The molecule has 0 aliphatic carbocycles. The molecule has 2 aromatic carbocycles. The van der Waals surface area contributed by atoms with E-state index in [4.69, 9.17) is 42.6 Å². The highest BCUT2D eigenvalue weighted by Gasteiger charge is 2.19. The summed E-state index contributed by atoms with van der Waals surface area (Å²) in [5.74, 6) is 2.17. The Hall–Kier alpha value is -3.37. The molecule has 0 amide bonds. The van der Waals surface area contributed by atoms with Crippen LogP contribution in [0.5, 0.6) is 0 Å².